The van der Waals surface area contributed by atoms with E-state index in [1.54, 1.807) is 37.8 Å². The smallest absolute Gasteiger partial charge is 0.255 e. The van der Waals surface area contributed by atoms with Crippen LogP contribution in [0.3, 0.4) is 0 Å². The number of aromatic amines is 1. The molecule has 1 amide bonds. The van der Waals surface area contributed by atoms with Crippen LogP contribution in [0.4, 0.5) is 0 Å². The maximum atomic E-state index is 12.9. The van der Waals surface area contributed by atoms with Crippen molar-refractivity contribution in [3.05, 3.63) is 47.5 Å². The molecule has 0 atom stereocenters. The highest BCUT2D eigenvalue weighted by molar-refractivity contribution is 5.94. The fourth-order valence-corrected chi connectivity index (χ4v) is 3.46. The zero-order valence-electron chi connectivity index (χ0n) is 15.5. The number of aryl methyl sites for hydroxylation is 1. The number of imidazole rings is 1. The fraction of sp³-hybridized carbons (Fsp3) is 0.368. The Labute approximate surface area is 157 Å². The number of carbonyl (C=O) groups is 1. The van der Waals surface area contributed by atoms with Gasteiger partial charge in [-0.15, -0.1) is 0 Å². The summed E-state index contributed by atoms with van der Waals surface area (Å²) in [7, 11) is 1.56. The predicted molar refractivity (Wildman–Crippen MR) is 99.3 cm³/mol. The summed E-state index contributed by atoms with van der Waals surface area (Å²) >= 11 is 0. The van der Waals surface area contributed by atoms with Crippen molar-refractivity contribution in [3.63, 3.8) is 0 Å². The highest BCUT2D eigenvalue weighted by Crippen LogP contribution is 2.29. The Bertz CT molecular complexity index is 930. The van der Waals surface area contributed by atoms with Crippen LogP contribution in [0.25, 0.3) is 11.5 Å². The highest BCUT2D eigenvalue weighted by atomic mass is 16.5. The van der Waals surface area contributed by atoms with Gasteiger partial charge in [0.1, 0.15) is 5.69 Å². The van der Waals surface area contributed by atoms with Crippen LogP contribution in [-0.4, -0.2) is 49.2 Å². The fourth-order valence-electron chi connectivity index (χ4n) is 3.46. The Kier molecular flexibility index (Phi) is 4.62. The molecule has 0 saturated heterocycles. The number of hydrogen-bond acceptors (Lipinski definition) is 5. The van der Waals surface area contributed by atoms with Crippen molar-refractivity contribution < 1.29 is 9.53 Å². The molecule has 8 nitrogen and oxygen atoms in total. The second kappa shape index (κ2) is 7.22. The highest BCUT2D eigenvalue weighted by Gasteiger charge is 2.29. The summed E-state index contributed by atoms with van der Waals surface area (Å²) in [4.78, 5) is 26.4. The lowest BCUT2D eigenvalue weighted by Crippen LogP contribution is -2.36. The average molecular weight is 366 g/mol. The standard InChI is InChI=1S/C19H22N6O2/c1-3-9-25-15-6-10-24(19(26)13-4-5-16(27-2)22-11-13)12-14(15)17(23-25)18-20-7-8-21-18/h4-5,7-8,11H,3,6,9-10,12H2,1-2H3,(H,20,21). The van der Waals surface area contributed by atoms with E-state index in [2.05, 4.69) is 26.6 Å². The van der Waals surface area contributed by atoms with E-state index in [1.165, 1.54) is 5.69 Å². The van der Waals surface area contributed by atoms with Crippen LogP contribution in [0.5, 0.6) is 5.88 Å². The second-order valence-corrected chi connectivity index (χ2v) is 6.50. The zero-order chi connectivity index (χ0) is 18.8. The SMILES string of the molecule is CCCn1nc(-c2ncc[nH]2)c2c1CCN(C(=O)c1ccc(OC)nc1)C2. The molecule has 4 rings (SSSR count). The largest absolute Gasteiger partial charge is 0.481 e. The number of amides is 1. The first kappa shape index (κ1) is 17.3. The first-order valence-electron chi connectivity index (χ1n) is 9.09. The number of methoxy groups -OCH3 is 1. The third-order valence-electron chi connectivity index (χ3n) is 4.77. The number of aromatic nitrogens is 5. The van der Waals surface area contributed by atoms with Crippen molar-refractivity contribution in [2.45, 2.75) is 32.9 Å². The third-order valence-corrected chi connectivity index (χ3v) is 4.77. The lowest BCUT2D eigenvalue weighted by molar-refractivity contribution is 0.0733. The van der Waals surface area contributed by atoms with Crippen LogP contribution in [0.15, 0.2) is 30.7 Å². The number of nitrogens with one attached hydrogen (secondary N) is 1. The molecule has 0 fully saturated rings. The molecule has 27 heavy (non-hydrogen) atoms. The Balaban J connectivity index is 1.64. The van der Waals surface area contributed by atoms with Crippen LogP contribution >= 0.6 is 0 Å². The van der Waals surface area contributed by atoms with E-state index in [0.717, 1.165) is 36.5 Å². The third kappa shape index (κ3) is 3.18. The molecular formula is C19H22N6O2. The Morgan fingerprint density at radius 2 is 2.22 bits per heavy atom. The molecule has 0 unspecified atom stereocenters. The molecule has 4 heterocycles. The van der Waals surface area contributed by atoms with Crippen LogP contribution in [0.1, 0.15) is 35.0 Å². The minimum absolute atomic E-state index is 0.0376. The van der Waals surface area contributed by atoms with Crippen molar-refractivity contribution in [2.75, 3.05) is 13.7 Å². The molecule has 0 bridgehead atoms. The number of nitrogens with zero attached hydrogens (tertiary/aromatic N) is 5. The lowest BCUT2D eigenvalue weighted by atomic mass is 10.0. The van der Waals surface area contributed by atoms with E-state index in [1.807, 2.05) is 4.90 Å². The number of hydrogen-bond donors (Lipinski definition) is 1. The maximum Gasteiger partial charge on any atom is 0.255 e. The molecule has 1 N–H and O–H groups in total. The van der Waals surface area contributed by atoms with Gasteiger partial charge in [0.2, 0.25) is 5.88 Å². The molecule has 0 aliphatic carbocycles. The van der Waals surface area contributed by atoms with Gasteiger partial charge in [-0.25, -0.2) is 9.97 Å². The van der Waals surface area contributed by atoms with Gasteiger partial charge in [0.25, 0.3) is 5.91 Å². The minimum Gasteiger partial charge on any atom is -0.481 e. The second-order valence-electron chi connectivity index (χ2n) is 6.50. The van der Waals surface area contributed by atoms with E-state index in [9.17, 15) is 4.79 Å². The first-order chi connectivity index (χ1) is 13.2. The molecule has 1 aliphatic rings. The summed E-state index contributed by atoms with van der Waals surface area (Å²) in [6.07, 6.45) is 6.85. The molecular weight excluding hydrogens is 344 g/mol. The molecule has 0 saturated carbocycles. The van der Waals surface area contributed by atoms with Crippen molar-refractivity contribution in [1.82, 2.24) is 29.6 Å². The summed E-state index contributed by atoms with van der Waals surface area (Å²) in [5.41, 5.74) is 3.65. The Morgan fingerprint density at radius 3 is 2.89 bits per heavy atom. The van der Waals surface area contributed by atoms with Gasteiger partial charge in [0.15, 0.2) is 5.82 Å². The van der Waals surface area contributed by atoms with Gasteiger partial charge in [0.05, 0.1) is 19.2 Å². The number of carbonyl (C=O) groups excluding carboxylic acids is 1. The van der Waals surface area contributed by atoms with Gasteiger partial charge in [0, 0.05) is 55.4 Å². The van der Waals surface area contributed by atoms with E-state index in [0.29, 0.717) is 24.5 Å². The van der Waals surface area contributed by atoms with E-state index >= 15 is 0 Å². The number of rotatable bonds is 5. The monoisotopic (exact) mass is 366 g/mol. The van der Waals surface area contributed by atoms with Crippen LogP contribution < -0.4 is 4.74 Å². The predicted octanol–water partition coefficient (Wildman–Crippen LogP) is 2.29. The number of H-pyrrole nitrogens is 1. The Hall–Kier alpha value is -3.16. The molecule has 0 spiro atoms. The molecule has 3 aromatic heterocycles. The van der Waals surface area contributed by atoms with Gasteiger partial charge in [-0.1, -0.05) is 6.92 Å². The van der Waals surface area contributed by atoms with Gasteiger partial charge in [-0.2, -0.15) is 5.10 Å². The molecule has 8 heteroatoms. The van der Waals surface area contributed by atoms with E-state index in [4.69, 9.17) is 9.84 Å². The number of ether oxygens (including phenoxy) is 1. The van der Waals surface area contributed by atoms with E-state index in [-0.39, 0.29) is 5.91 Å². The van der Waals surface area contributed by atoms with Gasteiger partial charge in [-0.05, 0) is 12.5 Å². The van der Waals surface area contributed by atoms with Crippen molar-refractivity contribution in [1.29, 1.82) is 0 Å². The minimum atomic E-state index is -0.0376. The van der Waals surface area contributed by atoms with Crippen molar-refractivity contribution in [3.8, 4) is 17.4 Å². The van der Waals surface area contributed by atoms with Gasteiger partial charge >= 0.3 is 0 Å². The normalized spacial score (nSPS) is 13.5. The van der Waals surface area contributed by atoms with Crippen LogP contribution in [0, 0.1) is 0 Å². The summed E-state index contributed by atoms with van der Waals surface area (Å²) in [6.45, 7) is 4.17. The molecule has 140 valence electrons. The summed E-state index contributed by atoms with van der Waals surface area (Å²) in [5.74, 6) is 1.19. The summed E-state index contributed by atoms with van der Waals surface area (Å²) in [6, 6.07) is 3.45. The quantitative estimate of drug-likeness (QED) is 0.748. The lowest BCUT2D eigenvalue weighted by Gasteiger charge is -2.28. The topological polar surface area (TPSA) is 88.9 Å². The van der Waals surface area contributed by atoms with Crippen molar-refractivity contribution >= 4 is 5.91 Å². The molecule has 0 radical (unpaired) electrons. The summed E-state index contributed by atoms with van der Waals surface area (Å²) in [5, 5.41) is 4.77. The maximum absolute atomic E-state index is 12.9. The number of pyridine rings is 1. The van der Waals surface area contributed by atoms with Crippen LogP contribution in [-0.2, 0) is 19.5 Å². The average Bonchev–Trinajstić information content (AvgIpc) is 3.36. The molecule has 0 aromatic carbocycles. The zero-order valence-corrected chi connectivity index (χ0v) is 15.5. The van der Waals surface area contributed by atoms with Gasteiger partial charge < -0.3 is 14.6 Å². The molecule has 3 aromatic rings. The van der Waals surface area contributed by atoms with Gasteiger partial charge in [-0.3, -0.25) is 9.48 Å². The van der Waals surface area contributed by atoms with Crippen molar-refractivity contribution in [2.24, 2.45) is 0 Å². The number of fused-ring (bicyclic) bond motifs is 1. The first-order valence-corrected chi connectivity index (χ1v) is 9.09. The Morgan fingerprint density at radius 1 is 1.33 bits per heavy atom. The van der Waals surface area contributed by atoms with E-state index < -0.39 is 0 Å². The molecule has 1 aliphatic heterocycles. The summed E-state index contributed by atoms with van der Waals surface area (Å²) < 4.78 is 7.13. The van der Waals surface area contributed by atoms with Crippen LogP contribution in [0.2, 0.25) is 0 Å².